The summed E-state index contributed by atoms with van der Waals surface area (Å²) in [6.45, 7) is 7.71. The first-order chi connectivity index (χ1) is 4.25. The Hall–Kier alpha value is -0.0400. The minimum absolute atomic E-state index is 0.542. The summed E-state index contributed by atoms with van der Waals surface area (Å²) < 4.78 is 5.53. The second kappa shape index (κ2) is 2.70. The van der Waals surface area contributed by atoms with Gasteiger partial charge in [0.15, 0.2) is 0 Å². The molecule has 1 fully saturated rings. The lowest BCUT2D eigenvalue weighted by molar-refractivity contribution is 0.0904. The average Bonchev–Trinajstić information content (AvgIpc) is 2.15. The first-order valence-electron chi connectivity index (χ1n) is 3.87. The first kappa shape index (κ1) is 7.07. The molecular formula is C8H16O. The minimum atomic E-state index is 0.542. The molecule has 9 heavy (non-hydrogen) atoms. The van der Waals surface area contributed by atoms with Gasteiger partial charge in [-0.15, -0.1) is 0 Å². The quantitative estimate of drug-likeness (QED) is 0.525. The van der Waals surface area contributed by atoms with Gasteiger partial charge in [0, 0.05) is 6.61 Å². The maximum absolute atomic E-state index is 5.53. The fourth-order valence-corrected chi connectivity index (χ4v) is 1.44. The van der Waals surface area contributed by atoms with Gasteiger partial charge >= 0.3 is 0 Å². The van der Waals surface area contributed by atoms with E-state index in [0.717, 1.165) is 18.4 Å². The second-order valence-electron chi connectivity index (χ2n) is 3.12. The Labute approximate surface area is 57.4 Å². The third kappa shape index (κ3) is 1.26. The highest BCUT2D eigenvalue weighted by Gasteiger charge is 2.28. The highest BCUT2D eigenvalue weighted by molar-refractivity contribution is 4.76. The van der Waals surface area contributed by atoms with Crippen LogP contribution in [-0.2, 0) is 4.74 Å². The minimum Gasteiger partial charge on any atom is -0.378 e. The van der Waals surface area contributed by atoms with Crippen LogP contribution in [0.2, 0.25) is 0 Å². The first-order valence-corrected chi connectivity index (χ1v) is 3.87. The number of rotatable bonds is 1. The molecule has 0 saturated carbocycles. The molecule has 54 valence electrons. The summed E-state index contributed by atoms with van der Waals surface area (Å²) in [5.41, 5.74) is 0. The van der Waals surface area contributed by atoms with E-state index in [4.69, 9.17) is 4.74 Å². The molecule has 0 aromatic carbocycles. The molecule has 0 unspecified atom stereocenters. The number of ether oxygens (including phenoxy) is 1. The van der Waals surface area contributed by atoms with Crippen LogP contribution in [-0.4, -0.2) is 12.7 Å². The lowest BCUT2D eigenvalue weighted by atomic mass is 9.93. The summed E-state index contributed by atoms with van der Waals surface area (Å²) >= 11 is 0. The number of hydrogen-bond donors (Lipinski definition) is 0. The van der Waals surface area contributed by atoms with Gasteiger partial charge in [-0.3, -0.25) is 0 Å². The Balaban J connectivity index is 2.41. The van der Waals surface area contributed by atoms with Crippen LogP contribution < -0.4 is 0 Å². The van der Waals surface area contributed by atoms with Crippen LogP contribution in [0.4, 0.5) is 0 Å². The van der Waals surface area contributed by atoms with Crippen LogP contribution in [0.3, 0.4) is 0 Å². The maximum Gasteiger partial charge on any atom is 0.0601 e. The van der Waals surface area contributed by atoms with Crippen molar-refractivity contribution >= 4 is 0 Å². The predicted molar refractivity (Wildman–Crippen MR) is 38.4 cm³/mol. The topological polar surface area (TPSA) is 9.23 Å². The Morgan fingerprint density at radius 1 is 1.44 bits per heavy atom. The molecule has 3 atom stereocenters. The van der Waals surface area contributed by atoms with E-state index < -0.39 is 0 Å². The summed E-state index contributed by atoms with van der Waals surface area (Å²) in [6, 6.07) is 0. The van der Waals surface area contributed by atoms with Crippen LogP contribution in [0.15, 0.2) is 0 Å². The van der Waals surface area contributed by atoms with Gasteiger partial charge in [-0.25, -0.2) is 0 Å². The molecule has 1 aliphatic rings. The van der Waals surface area contributed by atoms with E-state index in [1.165, 1.54) is 6.42 Å². The molecular weight excluding hydrogens is 112 g/mol. The largest absolute Gasteiger partial charge is 0.378 e. The predicted octanol–water partition coefficient (Wildman–Crippen LogP) is 2.07. The molecule has 0 aromatic rings. The van der Waals surface area contributed by atoms with Crippen LogP contribution in [0.25, 0.3) is 0 Å². The van der Waals surface area contributed by atoms with Crippen molar-refractivity contribution in [1.82, 2.24) is 0 Å². The number of hydrogen-bond acceptors (Lipinski definition) is 1. The molecule has 1 rings (SSSR count). The van der Waals surface area contributed by atoms with Crippen molar-refractivity contribution in [3.63, 3.8) is 0 Å². The zero-order valence-corrected chi connectivity index (χ0v) is 6.55. The third-order valence-electron chi connectivity index (χ3n) is 2.46. The van der Waals surface area contributed by atoms with Gasteiger partial charge < -0.3 is 4.74 Å². The highest BCUT2D eigenvalue weighted by atomic mass is 16.5. The van der Waals surface area contributed by atoms with E-state index in [1.807, 2.05) is 0 Å². The highest BCUT2D eigenvalue weighted by Crippen LogP contribution is 2.27. The van der Waals surface area contributed by atoms with Gasteiger partial charge in [-0.1, -0.05) is 20.8 Å². The van der Waals surface area contributed by atoms with Crippen molar-refractivity contribution in [3.05, 3.63) is 0 Å². The van der Waals surface area contributed by atoms with E-state index in [1.54, 1.807) is 0 Å². The molecule has 1 heterocycles. The van der Waals surface area contributed by atoms with Crippen molar-refractivity contribution in [3.8, 4) is 0 Å². The van der Waals surface area contributed by atoms with Gasteiger partial charge in [-0.2, -0.15) is 0 Å². The summed E-state index contributed by atoms with van der Waals surface area (Å²) in [6.07, 6.45) is 1.71. The maximum atomic E-state index is 5.53. The van der Waals surface area contributed by atoms with Crippen LogP contribution in [0, 0.1) is 11.8 Å². The average molecular weight is 128 g/mol. The van der Waals surface area contributed by atoms with Crippen LogP contribution in [0.5, 0.6) is 0 Å². The van der Waals surface area contributed by atoms with Gasteiger partial charge in [0.25, 0.3) is 0 Å². The molecule has 0 N–H and O–H groups in total. The molecule has 1 aliphatic heterocycles. The van der Waals surface area contributed by atoms with E-state index >= 15 is 0 Å². The van der Waals surface area contributed by atoms with Gasteiger partial charge in [0.2, 0.25) is 0 Å². The van der Waals surface area contributed by atoms with Gasteiger partial charge in [0.1, 0.15) is 0 Å². The standard InChI is InChI=1S/C8H16O/c1-4-8-7(3)6(2)5-9-8/h6-8H,4-5H2,1-3H3/t6-,7-,8-/m1/s1. The van der Waals surface area contributed by atoms with Crippen molar-refractivity contribution in [1.29, 1.82) is 0 Å². The summed E-state index contributed by atoms with van der Waals surface area (Å²) in [5, 5.41) is 0. The SMILES string of the molecule is CC[C@H]1OC[C@@H](C)[C@H]1C. The Morgan fingerprint density at radius 3 is 2.33 bits per heavy atom. The van der Waals surface area contributed by atoms with Crippen molar-refractivity contribution < 1.29 is 4.74 Å². The van der Waals surface area contributed by atoms with Gasteiger partial charge in [0.05, 0.1) is 6.10 Å². The fourth-order valence-electron chi connectivity index (χ4n) is 1.44. The van der Waals surface area contributed by atoms with E-state index in [-0.39, 0.29) is 0 Å². The molecule has 0 aliphatic carbocycles. The summed E-state index contributed by atoms with van der Waals surface area (Å²) in [7, 11) is 0. The van der Waals surface area contributed by atoms with E-state index in [0.29, 0.717) is 6.10 Å². The molecule has 0 spiro atoms. The molecule has 1 nitrogen and oxygen atoms in total. The van der Waals surface area contributed by atoms with Crippen molar-refractivity contribution in [2.24, 2.45) is 11.8 Å². The zero-order valence-electron chi connectivity index (χ0n) is 6.55. The zero-order chi connectivity index (χ0) is 6.85. The third-order valence-corrected chi connectivity index (χ3v) is 2.46. The molecule has 0 amide bonds. The van der Waals surface area contributed by atoms with Crippen LogP contribution in [0.1, 0.15) is 27.2 Å². The van der Waals surface area contributed by atoms with Crippen LogP contribution >= 0.6 is 0 Å². The second-order valence-corrected chi connectivity index (χ2v) is 3.12. The van der Waals surface area contributed by atoms with Crippen molar-refractivity contribution in [2.75, 3.05) is 6.61 Å². The smallest absolute Gasteiger partial charge is 0.0601 e. The molecule has 0 bridgehead atoms. The molecule has 0 aromatic heterocycles. The van der Waals surface area contributed by atoms with E-state index in [9.17, 15) is 0 Å². The summed E-state index contributed by atoms with van der Waals surface area (Å²) in [5.74, 6) is 1.55. The Morgan fingerprint density at radius 2 is 2.11 bits per heavy atom. The Kier molecular flexibility index (Phi) is 2.12. The lowest BCUT2D eigenvalue weighted by Crippen LogP contribution is -2.14. The molecule has 1 saturated heterocycles. The monoisotopic (exact) mass is 128 g/mol. The Bertz CT molecular complexity index is 90.6. The normalized spacial score (nSPS) is 43.7. The molecule has 1 heteroatoms. The summed E-state index contributed by atoms with van der Waals surface area (Å²) in [4.78, 5) is 0. The molecule has 0 radical (unpaired) electrons. The van der Waals surface area contributed by atoms with E-state index in [2.05, 4.69) is 20.8 Å². The fraction of sp³-hybridized carbons (Fsp3) is 1.00. The van der Waals surface area contributed by atoms with Gasteiger partial charge in [-0.05, 0) is 18.3 Å². The van der Waals surface area contributed by atoms with Crippen molar-refractivity contribution in [2.45, 2.75) is 33.3 Å². The lowest BCUT2D eigenvalue weighted by Gasteiger charge is -2.12.